The van der Waals surface area contributed by atoms with Crippen LogP contribution in [0.2, 0.25) is 0 Å². The van der Waals surface area contributed by atoms with Gasteiger partial charge in [0.25, 0.3) is 10.0 Å². The highest BCUT2D eigenvalue weighted by Gasteiger charge is 2.96. The molecule has 5 nitrogen and oxygen atoms in total. The smallest absolute Gasteiger partial charge is 0.460 e. The molecule has 0 aliphatic rings. The van der Waals surface area contributed by atoms with Crippen molar-refractivity contribution in [1.29, 1.82) is 0 Å². The third kappa shape index (κ3) is 5.70. The first-order valence-electron chi connectivity index (χ1n) is 8.28. The fourth-order valence-electron chi connectivity index (χ4n) is 1.60. The van der Waals surface area contributed by atoms with Gasteiger partial charge in [0.05, 0.1) is 5.97 Å². The Labute approximate surface area is 194 Å². The van der Waals surface area contributed by atoms with E-state index in [0.29, 0.717) is 11.6 Å². The summed E-state index contributed by atoms with van der Waals surface area (Å²) in [6, 6.07) is 0. The van der Waals surface area contributed by atoms with Gasteiger partial charge < -0.3 is 9.90 Å². The predicted molar refractivity (Wildman–Crippen MR) is 83.1 cm³/mol. The van der Waals surface area contributed by atoms with E-state index in [2.05, 4.69) is 6.58 Å². The molecule has 0 unspecified atom stereocenters. The summed E-state index contributed by atoms with van der Waals surface area (Å²) in [5, 5.41) is 1.99. The van der Waals surface area contributed by atoms with Crippen LogP contribution in [-0.2, 0) is 14.8 Å². The number of alkyl halides is 17. The van der Waals surface area contributed by atoms with E-state index in [1.165, 1.54) is 6.92 Å². The molecule has 0 heterocycles. The van der Waals surface area contributed by atoms with E-state index in [1.807, 2.05) is 0 Å². The van der Waals surface area contributed by atoms with Crippen LogP contribution in [0.3, 0.4) is 0 Å². The maximum absolute atomic E-state index is 13.4. The Kier molecular flexibility index (Phi) is 10.3. The summed E-state index contributed by atoms with van der Waals surface area (Å²) in [4.78, 5) is 9.49. The van der Waals surface area contributed by atoms with Crippen LogP contribution in [0, 0.1) is 0 Å². The minimum absolute atomic E-state index is 0.0648. The van der Waals surface area contributed by atoms with Gasteiger partial charge in [-0.25, -0.2) is 13.1 Å². The molecule has 0 aromatic rings. The number of carbonyl (C=O) groups is 1. The third-order valence-corrected chi connectivity index (χ3v) is 5.31. The van der Waals surface area contributed by atoms with Crippen molar-refractivity contribution >= 4 is 16.0 Å². The van der Waals surface area contributed by atoms with Crippen LogP contribution in [0.25, 0.3) is 0 Å². The molecule has 0 rings (SSSR count). The number of carbonyl (C=O) groups excluding carboxylic acids is 1. The summed E-state index contributed by atoms with van der Waals surface area (Å²) >= 11 is 0. The minimum Gasteiger partial charge on any atom is -0.545 e. The molecule has 0 aromatic heterocycles. The number of sulfonamides is 1. The summed E-state index contributed by atoms with van der Waals surface area (Å²) in [6.07, 6.45) is -7.86. The van der Waals surface area contributed by atoms with Crippen LogP contribution in [0.5, 0.6) is 0 Å². The van der Waals surface area contributed by atoms with Gasteiger partial charge in [-0.15, -0.1) is 0 Å². The van der Waals surface area contributed by atoms with Crippen molar-refractivity contribution in [3.8, 4) is 0 Å². The third-order valence-electron chi connectivity index (χ3n) is 3.71. The lowest BCUT2D eigenvalue weighted by atomic mass is 9.91. The van der Waals surface area contributed by atoms with Crippen LogP contribution in [0.15, 0.2) is 12.2 Å². The molecule has 0 aromatic carbocycles. The van der Waals surface area contributed by atoms with E-state index in [0.717, 1.165) is 0 Å². The number of carboxylic acid groups (broad SMARTS) is 1. The van der Waals surface area contributed by atoms with E-state index >= 15 is 0 Å². The molecular formula is C14H11F17NO4S-. The number of nitrogens with one attached hydrogen (secondary N) is 1. The van der Waals surface area contributed by atoms with E-state index in [9.17, 15) is 93.0 Å². The second-order valence-corrected chi connectivity index (χ2v) is 8.34. The van der Waals surface area contributed by atoms with Crippen molar-refractivity contribution in [2.24, 2.45) is 0 Å². The Morgan fingerprint density at radius 1 is 0.676 bits per heavy atom. The molecule has 0 radical (unpaired) electrons. The van der Waals surface area contributed by atoms with Crippen LogP contribution >= 0.6 is 0 Å². The van der Waals surface area contributed by atoms with Crippen molar-refractivity contribution < 1.29 is 93.0 Å². The van der Waals surface area contributed by atoms with Gasteiger partial charge in [0.15, 0.2) is 0 Å². The highest BCUT2D eigenvalue weighted by atomic mass is 32.2. The molecule has 0 fully saturated rings. The fraction of sp³-hybridized carbons (Fsp3) is 0.786. The molecule has 23 heteroatoms. The van der Waals surface area contributed by atoms with Crippen LogP contribution in [-0.4, -0.2) is 67.9 Å². The predicted octanol–water partition coefficient (Wildman–Crippen LogP) is 4.21. The number of aliphatic carboxylic acids is 1. The minimum atomic E-state index is -8.81. The zero-order chi connectivity index (χ0) is 31.1. The molecule has 222 valence electrons. The van der Waals surface area contributed by atoms with Gasteiger partial charge in [0.1, 0.15) is 0 Å². The number of hydrogen-bond donors (Lipinski definition) is 1. The molecule has 0 atom stereocenters. The quantitative estimate of drug-likeness (QED) is 0.296. The van der Waals surface area contributed by atoms with E-state index in [-0.39, 0.29) is 5.57 Å². The molecular weight excluding hydrogens is 601 g/mol. The lowest BCUT2D eigenvalue weighted by molar-refractivity contribution is -0.458. The van der Waals surface area contributed by atoms with Crippen LogP contribution in [0.4, 0.5) is 74.6 Å². The summed E-state index contributed by atoms with van der Waals surface area (Å²) in [7, 11) is -7.15. The Hall–Kier alpha value is -2.07. The molecule has 0 aliphatic carbocycles. The van der Waals surface area contributed by atoms with Crippen molar-refractivity contribution in [2.45, 2.75) is 60.8 Å². The Bertz CT molecular complexity index is 944. The van der Waals surface area contributed by atoms with E-state index < -0.39 is 69.5 Å². The molecule has 0 amide bonds. The first kappa shape index (κ1) is 37.1. The first-order valence-corrected chi connectivity index (χ1v) is 9.76. The maximum atomic E-state index is 13.4. The summed E-state index contributed by atoms with van der Waals surface area (Å²) < 4.78 is 242. The highest BCUT2D eigenvalue weighted by molar-refractivity contribution is 7.90. The number of hydrogen-bond acceptors (Lipinski definition) is 4. The van der Waals surface area contributed by atoms with Gasteiger partial charge >= 0.3 is 47.0 Å². The van der Waals surface area contributed by atoms with Crippen molar-refractivity contribution in [3.05, 3.63) is 12.2 Å². The maximum Gasteiger partial charge on any atom is 0.460 e. The van der Waals surface area contributed by atoms with Crippen LogP contribution < -0.4 is 9.83 Å². The van der Waals surface area contributed by atoms with Crippen molar-refractivity contribution in [3.63, 3.8) is 0 Å². The summed E-state index contributed by atoms with van der Waals surface area (Å²) in [5.41, 5.74) is 0.0648. The van der Waals surface area contributed by atoms with Gasteiger partial charge in [-0.05, 0) is 12.5 Å². The van der Waals surface area contributed by atoms with Gasteiger partial charge in [-0.1, -0.05) is 13.5 Å². The Balaban J connectivity index is 0. The van der Waals surface area contributed by atoms with E-state index in [4.69, 9.17) is 0 Å². The molecule has 0 saturated carbocycles. The van der Waals surface area contributed by atoms with Gasteiger partial charge in [0.2, 0.25) is 0 Å². The van der Waals surface area contributed by atoms with Gasteiger partial charge in [-0.2, -0.15) is 74.6 Å². The molecule has 0 aliphatic heterocycles. The Morgan fingerprint density at radius 2 is 0.919 bits per heavy atom. The Morgan fingerprint density at radius 3 is 1.14 bits per heavy atom. The lowest BCUT2D eigenvalue weighted by Crippen LogP contribution is -2.75. The largest absolute Gasteiger partial charge is 0.545 e. The zero-order valence-electron chi connectivity index (χ0n) is 17.4. The lowest BCUT2D eigenvalue weighted by Gasteiger charge is -2.42. The van der Waals surface area contributed by atoms with Crippen molar-refractivity contribution in [1.82, 2.24) is 4.72 Å². The topological polar surface area (TPSA) is 86.3 Å². The number of carboxylic acids is 1. The second kappa shape index (κ2) is 10.2. The van der Waals surface area contributed by atoms with Crippen molar-refractivity contribution in [2.75, 3.05) is 6.54 Å². The summed E-state index contributed by atoms with van der Waals surface area (Å²) in [6.45, 7) is 3.67. The first-order chi connectivity index (χ1) is 15.7. The highest BCUT2D eigenvalue weighted by Crippen LogP contribution is 2.64. The number of halogens is 17. The van der Waals surface area contributed by atoms with Gasteiger partial charge in [0, 0.05) is 6.54 Å². The SMILES string of the molecule is C=C(C)C(=O)[O-].CCNS(=O)(=O)C(F)(F)C(F)(F)C(F)(F)C(F)(F)C(F)(F)C(F)(F)C(F)(F)C(F)(F)F. The summed E-state index contributed by atoms with van der Waals surface area (Å²) in [5.74, 6) is -52.6. The van der Waals surface area contributed by atoms with Gasteiger partial charge in [-0.3, -0.25) is 0 Å². The monoisotopic (exact) mass is 612 g/mol. The zero-order valence-corrected chi connectivity index (χ0v) is 18.2. The average Bonchev–Trinajstić information content (AvgIpc) is 2.66. The van der Waals surface area contributed by atoms with E-state index in [1.54, 1.807) is 0 Å². The molecule has 37 heavy (non-hydrogen) atoms. The van der Waals surface area contributed by atoms with Crippen LogP contribution in [0.1, 0.15) is 13.8 Å². The fourth-order valence-corrected chi connectivity index (χ4v) is 2.63. The molecule has 1 N–H and O–H groups in total. The average molecular weight is 612 g/mol. The molecule has 0 saturated heterocycles. The molecule has 0 spiro atoms. The molecule has 0 bridgehead atoms. The number of rotatable bonds is 10. The standard InChI is InChI=1S/C10H6F17NO2S.C4H6O2/c1-2-28-31(29,30)10(26,27)8(21,22)6(17,18)4(13,14)3(11,12)5(15,16)7(19,20)9(23,24)25;1-3(2)4(5)6/h28H,2H2,1H3;1H2,2H3,(H,5,6)/p-1. The second-order valence-electron chi connectivity index (χ2n) is 6.53. The normalized spacial score (nSPS) is 15.1.